The predicted octanol–water partition coefficient (Wildman–Crippen LogP) is 0.187. The van der Waals surface area contributed by atoms with Gasteiger partial charge in [-0.3, -0.25) is 4.79 Å². The average Bonchev–Trinajstić information content (AvgIpc) is 2.18. The van der Waals surface area contributed by atoms with Crippen molar-refractivity contribution in [3.8, 4) is 5.75 Å². The molecule has 0 bridgehead atoms. The summed E-state index contributed by atoms with van der Waals surface area (Å²) in [5, 5.41) is 20.0. The van der Waals surface area contributed by atoms with Gasteiger partial charge in [-0.15, -0.1) is 0 Å². The van der Waals surface area contributed by atoms with Crippen molar-refractivity contribution in [2.45, 2.75) is 12.5 Å². The van der Waals surface area contributed by atoms with Crippen LogP contribution in [0.3, 0.4) is 0 Å². The third kappa shape index (κ3) is 5.25. The highest BCUT2D eigenvalue weighted by molar-refractivity contribution is 8.08. The van der Waals surface area contributed by atoms with Gasteiger partial charge in [-0.2, -0.15) is 0 Å². The first-order valence-corrected chi connectivity index (χ1v) is 7.33. The van der Waals surface area contributed by atoms with Crippen LogP contribution in [0.15, 0.2) is 24.3 Å². The maximum Gasteiger partial charge on any atom is 0.321 e. The molecular formula is C9H12NO5PS. The Balaban J connectivity index is 2.77. The van der Waals surface area contributed by atoms with E-state index in [-0.39, 0.29) is 12.2 Å². The maximum absolute atomic E-state index is 10.9. The van der Waals surface area contributed by atoms with Gasteiger partial charge in [-0.25, -0.2) is 5.09 Å². The monoisotopic (exact) mass is 277 g/mol. The summed E-state index contributed by atoms with van der Waals surface area (Å²) in [5.74, 6) is -1.15. The number of aromatic hydroxyl groups is 1. The molecule has 0 amide bonds. The van der Waals surface area contributed by atoms with Gasteiger partial charge in [-0.1, -0.05) is 12.1 Å². The molecule has 0 spiro atoms. The predicted molar refractivity (Wildman–Crippen MR) is 65.1 cm³/mol. The van der Waals surface area contributed by atoms with Gasteiger partial charge in [0, 0.05) is 0 Å². The minimum Gasteiger partial charge on any atom is -0.508 e. The number of nitrogens with one attached hydrogen (secondary N) is 1. The SMILES string of the molecule is O=C(O)[C@H](Cc1ccc(O)cc1)NP(O)(O)=S. The number of phenols is 1. The molecule has 1 rings (SSSR count). The number of phenolic OH excluding ortho intramolecular Hbond substituents is 1. The molecule has 17 heavy (non-hydrogen) atoms. The van der Waals surface area contributed by atoms with Crippen molar-refractivity contribution in [1.29, 1.82) is 0 Å². The Bertz CT molecular complexity index is 443. The average molecular weight is 277 g/mol. The molecule has 0 aliphatic rings. The molecule has 0 aliphatic heterocycles. The molecule has 8 heteroatoms. The second-order valence-corrected chi connectivity index (χ2v) is 6.31. The molecule has 0 radical (unpaired) electrons. The molecule has 1 aromatic carbocycles. The van der Waals surface area contributed by atoms with E-state index in [4.69, 9.17) is 20.0 Å². The number of hydrogen-bond acceptors (Lipinski definition) is 3. The molecule has 0 unspecified atom stereocenters. The lowest BCUT2D eigenvalue weighted by molar-refractivity contribution is -0.139. The van der Waals surface area contributed by atoms with Crippen molar-refractivity contribution >= 4 is 24.4 Å². The lowest BCUT2D eigenvalue weighted by Crippen LogP contribution is -2.36. The van der Waals surface area contributed by atoms with E-state index in [0.29, 0.717) is 5.56 Å². The summed E-state index contributed by atoms with van der Waals surface area (Å²) in [6, 6.07) is 4.75. The smallest absolute Gasteiger partial charge is 0.321 e. The van der Waals surface area contributed by atoms with Gasteiger partial charge >= 0.3 is 5.97 Å². The van der Waals surface area contributed by atoms with Crippen molar-refractivity contribution in [1.82, 2.24) is 5.09 Å². The van der Waals surface area contributed by atoms with Crippen LogP contribution in [0.2, 0.25) is 0 Å². The van der Waals surface area contributed by atoms with E-state index < -0.39 is 18.7 Å². The van der Waals surface area contributed by atoms with Crippen LogP contribution in [0.1, 0.15) is 5.56 Å². The highest BCUT2D eigenvalue weighted by Crippen LogP contribution is 2.30. The number of rotatable bonds is 5. The van der Waals surface area contributed by atoms with Crippen molar-refractivity contribution in [2.75, 3.05) is 0 Å². The quantitative estimate of drug-likeness (QED) is 0.488. The Kier molecular flexibility index (Phi) is 4.62. The van der Waals surface area contributed by atoms with Crippen LogP contribution >= 0.6 is 6.64 Å². The van der Waals surface area contributed by atoms with Crippen molar-refractivity contribution in [3.63, 3.8) is 0 Å². The Morgan fingerprint density at radius 1 is 1.35 bits per heavy atom. The summed E-state index contributed by atoms with van der Waals surface area (Å²) in [6.45, 7) is -3.77. The molecule has 6 nitrogen and oxygen atoms in total. The van der Waals surface area contributed by atoms with Crippen LogP contribution < -0.4 is 5.09 Å². The summed E-state index contributed by atoms with van der Waals surface area (Å²) in [7, 11) is 0. The van der Waals surface area contributed by atoms with Gasteiger partial charge in [0.1, 0.15) is 11.8 Å². The van der Waals surface area contributed by atoms with E-state index in [1.807, 2.05) is 0 Å². The van der Waals surface area contributed by atoms with Crippen molar-refractivity contribution in [3.05, 3.63) is 29.8 Å². The van der Waals surface area contributed by atoms with Gasteiger partial charge in [0.2, 0.25) is 0 Å². The summed E-state index contributed by atoms with van der Waals surface area (Å²) in [6.07, 6.45) is 0.0368. The third-order valence-electron chi connectivity index (χ3n) is 2.00. The fourth-order valence-corrected chi connectivity index (χ4v) is 2.25. The van der Waals surface area contributed by atoms with Crippen molar-refractivity contribution in [2.24, 2.45) is 0 Å². The zero-order valence-electron chi connectivity index (χ0n) is 8.65. The molecule has 0 aliphatic carbocycles. The largest absolute Gasteiger partial charge is 0.508 e. The summed E-state index contributed by atoms with van der Waals surface area (Å²) in [4.78, 5) is 28.9. The summed E-state index contributed by atoms with van der Waals surface area (Å²) < 4.78 is 0. The van der Waals surface area contributed by atoms with E-state index >= 15 is 0 Å². The number of carboxylic acids is 1. The van der Waals surface area contributed by atoms with Crippen LogP contribution in [0, 0.1) is 0 Å². The first-order chi connectivity index (χ1) is 7.78. The Labute approximate surface area is 103 Å². The molecule has 94 valence electrons. The first-order valence-electron chi connectivity index (χ1n) is 4.62. The number of aliphatic carboxylic acids is 1. The number of benzene rings is 1. The number of carboxylic acid groups (broad SMARTS) is 1. The van der Waals surface area contributed by atoms with E-state index in [2.05, 4.69) is 16.9 Å². The van der Waals surface area contributed by atoms with Crippen LogP contribution in [-0.4, -0.2) is 32.0 Å². The second kappa shape index (κ2) is 5.57. The van der Waals surface area contributed by atoms with Gasteiger partial charge in [0.25, 0.3) is 6.64 Å². The zero-order chi connectivity index (χ0) is 13.1. The van der Waals surface area contributed by atoms with E-state index in [0.717, 1.165) is 0 Å². The first kappa shape index (κ1) is 14.1. The Morgan fingerprint density at radius 2 is 1.88 bits per heavy atom. The normalized spacial score (nSPS) is 13.3. The Hall–Kier alpha value is -0.980. The van der Waals surface area contributed by atoms with Gasteiger partial charge in [0.05, 0.1) is 0 Å². The molecule has 0 fully saturated rings. The molecular weight excluding hydrogens is 265 g/mol. The van der Waals surface area contributed by atoms with Crippen LogP contribution in [0.5, 0.6) is 5.75 Å². The fraction of sp³-hybridized carbons (Fsp3) is 0.222. The second-order valence-electron chi connectivity index (χ2n) is 3.43. The lowest BCUT2D eigenvalue weighted by Gasteiger charge is -2.17. The molecule has 0 aromatic heterocycles. The van der Waals surface area contributed by atoms with E-state index in [9.17, 15) is 4.79 Å². The highest BCUT2D eigenvalue weighted by atomic mass is 32.5. The Morgan fingerprint density at radius 3 is 2.29 bits per heavy atom. The number of hydrogen-bond donors (Lipinski definition) is 5. The molecule has 1 atom stereocenters. The third-order valence-corrected chi connectivity index (χ3v) is 2.96. The van der Waals surface area contributed by atoms with Gasteiger partial charge < -0.3 is 20.0 Å². The van der Waals surface area contributed by atoms with E-state index in [1.165, 1.54) is 12.1 Å². The lowest BCUT2D eigenvalue weighted by atomic mass is 10.1. The molecule has 0 heterocycles. The van der Waals surface area contributed by atoms with Gasteiger partial charge in [0.15, 0.2) is 0 Å². The number of carbonyl (C=O) groups is 1. The maximum atomic E-state index is 10.9. The topological polar surface area (TPSA) is 110 Å². The minimum atomic E-state index is -3.77. The van der Waals surface area contributed by atoms with Crippen LogP contribution in [0.25, 0.3) is 0 Å². The summed E-state index contributed by atoms with van der Waals surface area (Å²) >= 11 is 4.33. The summed E-state index contributed by atoms with van der Waals surface area (Å²) in [5.41, 5.74) is 0.631. The molecule has 0 saturated heterocycles. The fourth-order valence-electron chi connectivity index (χ4n) is 1.26. The van der Waals surface area contributed by atoms with Gasteiger partial charge in [-0.05, 0) is 35.9 Å². The standard InChI is InChI=1S/C9H12NO5PS/c11-7-3-1-6(2-4-7)5-8(9(12)13)10-16(14,15)17/h1-4,8,11H,5H2,(H,12,13)(H3,10,14,15,17)/t8-/m0/s1. The highest BCUT2D eigenvalue weighted by Gasteiger charge is 2.23. The molecule has 0 saturated carbocycles. The van der Waals surface area contributed by atoms with Crippen molar-refractivity contribution < 1.29 is 24.8 Å². The van der Waals surface area contributed by atoms with E-state index in [1.54, 1.807) is 12.1 Å². The van der Waals surface area contributed by atoms with Crippen LogP contribution in [0.4, 0.5) is 0 Å². The zero-order valence-corrected chi connectivity index (χ0v) is 10.4. The molecule has 1 aromatic rings. The molecule has 5 N–H and O–H groups in total. The van der Waals surface area contributed by atoms with Crippen LogP contribution in [-0.2, 0) is 23.0 Å². The minimum absolute atomic E-state index is 0.0368.